The highest BCUT2D eigenvalue weighted by Crippen LogP contribution is 2.31. The number of methoxy groups -OCH3 is 1. The molecule has 0 radical (unpaired) electrons. The van der Waals surface area contributed by atoms with E-state index in [9.17, 15) is 10.1 Å². The normalized spacial score (nSPS) is 10.5. The number of nitrogens with zero attached hydrogens (tertiary/aromatic N) is 4. The zero-order valence-electron chi connectivity index (χ0n) is 11.1. The Balaban J connectivity index is 2.37. The molecule has 0 atom stereocenters. The van der Waals surface area contributed by atoms with E-state index in [0.717, 1.165) is 0 Å². The molecule has 0 fully saturated rings. The van der Waals surface area contributed by atoms with Crippen LogP contribution in [0, 0.1) is 10.1 Å². The predicted octanol–water partition coefficient (Wildman–Crippen LogP) is 1.42. The highest BCUT2D eigenvalue weighted by Gasteiger charge is 2.16. The molecule has 1 aromatic carbocycles. The van der Waals surface area contributed by atoms with E-state index in [0.29, 0.717) is 30.4 Å². The second-order valence-electron chi connectivity index (χ2n) is 4.02. The number of hydrogen-bond donors (Lipinski definition) is 0. The molecule has 0 aliphatic heterocycles. The van der Waals surface area contributed by atoms with Crippen molar-refractivity contribution >= 4 is 5.69 Å². The van der Waals surface area contributed by atoms with Crippen molar-refractivity contribution in [3.8, 4) is 17.1 Å². The SMILES string of the molecule is COCCOc1ccc([N+](=O)[O-])cc1-c1ncn(C)n1. The van der Waals surface area contributed by atoms with Crippen molar-refractivity contribution in [1.82, 2.24) is 14.8 Å². The van der Waals surface area contributed by atoms with Gasteiger partial charge in [-0.25, -0.2) is 4.98 Å². The second-order valence-corrected chi connectivity index (χ2v) is 4.02. The third kappa shape index (κ3) is 3.09. The molecule has 0 N–H and O–H groups in total. The van der Waals surface area contributed by atoms with E-state index in [1.54, 1.807) is 20.2 Å². The number of aromatic nitrogens is 3. The Bertz CT molecular complexity index is 611. The van der Waals surface area contributed by atoms with Gasteiger partial charge in [0, 0.05) is 26.3 Å². The summed E-state index contributed by atoms with van der Waals surface area (Å²) < 4.78 is 12.0. The molecule has 0 amide bonds. The molecule has 8 nitrogen and oxygen atoms in total. The average molecular weight is 278 g/mol. The van der Waals surface area contributed by atoms with Gasteiger partial charge < -0.3 is 9.47 Å². The van der Waals surface area contributed by atoms with Gasteiger partial charge in [-0.05, 0) is 6.07 Å². The largest absolute Gasteiger partial charge is 0.490 e. The molecule has 1 heterocycles. The van der Waals surface area contributed by atoms with Crippen LogP contribution in [0.5, 0.6) is 5.75 Å². The van der Waals surface area contributed by atoms with Crippen LogP contribution >= 0.6 is 0 Å². The van der Waals surface area contributed by atoms with Gasteiger partial charge in [-0.15, -0.1) is 0 Å². The molecule has 0 spiro atoms. The quantitative estimate of drug-likeness (QED) is 0.450. The Labute approximate surface area is 115 Å². The third-order valence-electron chi connectivity index (χ3n) is 2.56. The predicted molar refractivity (Wildman–Crippen MR) is 70.5 cm³/mol. The topological polar surface area (TPSA) is 92.3 Å². The van der Waals surface area contributed by atoms with E-state index in [1.807, 2.05) is 0 Å². The number of ether oxygens (including phenoxy) is 2. The van der Waals surface area contributed by atoms with Crippen LogP contribution in [-0.2, 0) is 11.8 Å². The van der Waals surface area contributed by atoms with Gasteiger partial charge in [-0.2, -0.15) is 5.10 Å². The Morgan fingerprint density at radius 2 is 2.20 bits per heavy atom. The summed E-state index contributed by atoms with van der Waals surface area (Å²) in [5.74, 6) is 0.863. The molecule has 0 saturated heterocycles. The number of non-ortho nitro benzene ring substituents is 1. The van der Waals surface area contributed by atoms with Gasteiger partial charge in [0.15, 0.2) is 5.82 Å². The zero-order valence-corrected chi connectivity index (χ0v) is 11.1. The molecule has 0 unspecified atom stereocenters. The third-order valence-corrected chi connectivity index (χ3v) is 2.56. The van der Waals surface area contributed by atoms with Crippen molar-refractivity contribution in [2.45, 2.75) is 0 Å². The summed E-state index contributed by atoms with van der Waals surface area (Å²) in [6.07, 6.45) is 1.52. The first-order valence-electron chi connectivity index (χ1n) is 5.88. The van der Waals surface area contributed by atoms with E-state index < -0.39 is 4.92 Å². The lowest BCUT2D eigenvalue weighted by Gasteiger charge is -2.09. The molecule has 0 aliphatic rings. The fourth-order valence-corrected chi connectivity index (χ4v) is 1.63. The van der Waals surface area contributed by atoms with Crippen LogP contribution in [0.25, 0.3) is 11.4 Å². The van der Waals surface area contributed by atoms with Gasteiger partial charge in [0.25, 0.3) is 5.69 Å². The van der Waals surface area contributed by atoms with Crippen molar-refractivity contribution in [2.75, 3.05) is 20.3 Å². The van der Waals surface area contributed by atoms with Crippen LogP contribution in [0.2, 0.25) is 0 Å². The maximum atomic E-state index is 10.9. The van der Waals surface area contributed by atoms with Gasteiger partial charge in [0.2, 0.25) is 0 Å². The number of nitro benzene ring substituents is 1. The van der Waals surface area contributed by atoms with Gasteiger partial charge >= 0.3 is 0 Å². The van der Waals surface area contributed by atoms with Crippen LogP contribution in [0.3, 0.4) is 0 Å². The minimum atomic E-state index is -0.467. The maximum Gasteiger partial charge on any atom is 0.270 e. The Morgan fingerprint density at radius 1 is 1.40 bits per heavy atom. The number of rotatable bonds is 6. The molecule has 8 heteroatoms. The lowest BCUT2D eigenvalue weighted by atomic mass is 10.1. The maximum absolute atomic E-state index is 10.9. The van der Waals surface area contributed by atoms with Crippen molar-refractivity contribution in [1.29, 1.82) is 0 Å². The van der Waals surface area contributed by atoms with Crippen LogP contribution in [0.4, 0.5) is 5.69 Å². The summed E-state index contributed by atoms with van der Waals surface area (Å²) >= 11 is 0. The van der Waals surface area contributed by atoms with Crippen molar-refractivity contribution in [3.63, 3.8) is 0 Å². The molecule has 1 aromatic heterocycles. The number of nitro groups is 1. The van der Waals surface area contributed by atoms with Crippen molar-refractivity contribution in [2.24, 2.45) is 7.05 Å². The van der Waals surface area contributed by atoms with Crippen molar-refractivity contribution in [3.05, 3.63) is 34.6 Å². The Morgan fingerprint density at radius 3 is 2.80 bits per heavy atom. The van der Waals surface area contributed by atoms with Gasteiger partial charge in [0.05, 0.1) is 17.1 Å². The molecule has 20 heavy (non-hydrogen) atoms. The van der Waals surface area contributed by atoms with Crippen LogP contribution in [0.15, 0.2) is 24.5 Å². The van der Waals surface area contributed by atoms with Gasteiger partial charge in [0.1, 0.15) is 18.7 Å². The van der Waals surface area contributed by atoms with E-state index in [4.69, 9.17) is 9.47 Å². The minimum Gasteiger partial charge on any atom is -0.490 e. The summed E-state index contributed by atoms with van der Waals surface area (Å²) in [6.45, 7) is 0.764. The molecule has 2 rings (SSSR count). The van der Waals surface area contributed by atoms with Crippen LogP contribution in [0.1, 0.15) is 0 Å². The van der Waals surface area contributed by atoms with Gasteiger partial charge in [-0.3, -0.25) is 14.8 Å². The summed E-state index contributed by atoms with van der Waals surface area (Å²) in [5, 5.41) is 15.0. The minimum absolute atomic E-state index is 0.0356. The summed E-state index contributed by atoms with van der Waals surface area (Å²) in [7, 11) is 3.29. The van der Waals surface area contributed by atoms with E-state index in [2.05, 4.69) is 10.1 Å². The fraction of sp³-hybridized carbons (Fsp3) is 0.333. The average Bonchev–Trinajstić information content (AvgIpc) is 2.85. The lowest BCUT2D eigenvalue weighted by Crippen LogP contribution is -2.05. The summed E-state index contributed by atoms with van der Waals surface area (Å²) in [4.78, 5) is 14.5. The molecule has 2 aromatic rings. The standard InChI is InChI=1S/C12H14N4O4/c1-15-8-13-12(14-15)10-7-9(16(17)18)3-4-11(10)20-6-5-19-2/h3-4,7-8H,5-6H2,1-2H3. The molecular formula is C12H14N4O4. The molecule has 0 saturated carbocycles. The Kier molecular flexibility index (Phi) is 4.26. The highest BCUT2D eigenvalue weighted by molar-refractivity contribution is 5.67. The lowest BCUT2D eigenvalue weighted by molar-refractivity contribution is -0.384. The highest BCUT2D eigenvalue weighted by atomic mass is 16.6. The molecule has 106 valence electrons. The van der Waals surface area contributed by atoms with E-state index in [-0.39, 0.29) is 5.69 Å². The summed E-state index contributed by atoms with van der Waals surface area (Å²) in [6, 6.07) is 4.32. The summed E-state index contributed by atoms with van der Waals surface area (Å²) in [5.41, 5.74) is 0.447. The Hall–Kier alpha value is -2.48. The van der Waals surface area contributed by atoms with E-state index >= 15 is 0 Å². The zero-order chi connectivity index (χ0) is 14.5. The van der Waals surface area contributed by atoms with Crippen LogP contribution in [-0.4, -0.2) is 40.0 Å². The molecule has 0 bridgehead atoms. The fourth-order valence-electron chi connectivity index (χ4n) is 1.63. The number of hydrogen-bond acceptors (Lipinski definition) is 6. The molecular weight excluding hydrogens is 264 g/mol. The molecule has 0 aliphatic carbocycles. The first kappa shape index (κ1) is 13.9. The first-order valence-corrected chi connectivity index (χ1v) is 5.88. The first-order chi connectivity index (χ1) is 9.61. The van der Waals surface area contributed by atoms with E-state index in [1.165, 1.54) is 23.1 Å². The second kappa shape index (κ2) is 6.11. The van der Waals surface area contributed by atoms with Crippen molar-refractivity contribution < 1.29 is 14.4 Å². The monoisotopic (exact) mass is 278 g/mol. The number of aryl methyl sites for hydroxylation is 1. The smallest absolute Gasteiger partial charge is 0.270 e. The number of benzene rings is 1. The van der Waals surface area contributed by atoms with Crippen LogP contribution < -0.4 is 4.74 Å². The van der Waals surface area contributed by atoms with Gasteiger partial charge in [-0.1, -0.05) is 0 Å².